The Morgan fingerprint density at radius 1 is 0.879 bits per heavy atom. The standard InChI is InChI=1S/C25H28N2O2.C2H6.CH5N/c1-3-15-27-24-14-7-6-11-21(24)16-19-9-4-5-10-20(19)17-25(26)29-23-13-8-12-22(18-23)28-2;2*1-2/h4-14,17-18,27H,3,15-16,26H2,1-2H3;1-2H3;2H2,1H3/b25-17+;;. The SMILES string of the molecule is CC.CCCNc1ccccc1Cc1ccccc1/C=C(\N)Oc1cccc(OC)c1.CN. The predicted octanol–water partition coefficient (Wildman–Crippen LogP) is 6.05. The van der Waals surface area contributed by atoms with Gasteiger partial charge in [0.25, 0.3) is 0 Å². The molecule has 0 aliphatic rings. The number of hydrogen-bond acceptors (Lipinski definition) is 5. The van der Waals surface area contributed by atoms with Crippen LogP contribution in [0.4, 0.5) is 5.69 Å². The lowest BCUT2D eigenvalue weighted by atomic mass is 9.98. The molecule has 0 heterocycles. The van der Waals surface area contributed by atoms with Gasteiger partial charge in [0.15, 0.2) is 5.88 Å². The van der Waals surface area contributed by atoms with E-state index in [1.807, 2.05) is 56.3 Å². The van der Waals surface area contributed by atoms with Crippen molar-refractivity contribution >= 4 is 11.8 Å². The Hall–Kier alpha value is -3.44. The molecule has 0 spiro atoms. The van der Waals surface area contributed by atoms with Crippen LogP contribution in [0.1, 0.15) is 43.9 Å². The van der Waals surface area contributed by atoms with Gasteiger partial charge in [-0.15, -0.1) is 0 Å². The maximum Gasteiger partial charge on any atom is 0.191 e. The summed E-state index contributed by atoms with van der Waals surface area (Å²) in [6.07, 6.45) is 3.77. The molecule has 5 N–H and O–H groups in total. The monoisotopic (exact) mass is 449 g/mol. The second kappa shape index (κ2) is 16.2. The minimum Gasteiger partial charge on any atom is -0.497 e. The molecular weight excluding hydrogens is 410 g/mol. The second-order valence-electron chi connectivity index (χ2n) is 6.79. The van der Waals surface area contributed by atoms with Crippen LogP contribution >= 0.6 is 0 Å². The highest BCUT2D eigenvalue weighted by atomic mass is 16.5. The molecule has 0 fully saturated rings. The van der Waals surface area contributed by atoms with Crippen molar-refractivity contribution in [2.75, 3.05) is 26.0 Å². The fourth-order valence-corrected chi connectivity index (χ4v) is 3.13. The summed E-state index contributed by atoms with van der Waals surface area (Å²) in [6.45, 7) is 7.13. The number of anilines is 1. The van der Waals surface area contributed by atoms with E-state index in [0.717, 1.165) is 30.7 Å². The lowest BCUT2D eigenvalue weighted by molar-refractivity contribution is 0.399. The molecule has 0 radical (unpaired) electrons. The number of nitrogens with two attached hydrogens (primary N) is 2. The summed E-state index contributed by atoms with van der Waals surface area (Å²) in [7, 11) is 3.13. The molecule has 0 saturated heterocycles. The smallest absolute Gasteiger partial charge is 0.191 e. The van der Waals surface area contributed by atoms with Gasteiger partial charge in [0.05, 0.1) is 7.11 Å². The van der Waals surface area contributed by atoms with E-state index in [0.29, 0.717) is 11.6 Å². The van der Waals surface area contributed by atoms with Crippen LogP contribution in [0.3, 0.4) is 0 Å². The Kier molecular flexibility index (Phi) is 13.6. The maximum absolute atomic E-state index is 6.17. The quantitative estimate of drug-likeness (QED) is 0.347. The third-order valence-corrected chi connectivity index (χ3v) is 4.59. The molecular formula is C28H39N3O2. The average molecular weight is 450 g/mol. The number of para-hydroxylation sites is 1. The summed E-state index contributed by atoms with van der Waals surface area (Å²) in [5, 5.41) is 3.51. The lowest BCUT2D eigenvalue weighted by Gasteiger charge is -2.13. The molecule has 33 heavy (non-hydrogen) atoms. The Labute approximate surface area is 199 Å². The van der Waals surface area contributed by atoms with Crippen LogP contribution < -0.4 is 26.3 Å². The van der Waals surface area contributed by atoms with E-state index in [1.54, 1.807) is 7.11 Å². The van der Waals surface area contributed by atoms with Crippen LogP contribution in [0, 0.1) is 0 Å². The van der Waals surface area contributed by atoms with E-state index in [1.165, 1.54) is 23.9 Å². The number of ether oxygens (including phenoxy) is 2. The third kappa shape index (κ3) is 9.29. The summed E-state index contributed by atoms with van der Waals surface area (Å²) >= 11 is 0. The van der Waals surface area contributed by atoms with Gasteiger partial charge in [0, 0.05) is 30.8 Å². The van der Waals surface area contributed by atoms with Crippen molar-refractivity contribution in [1.29, 1.82) is 0 Å². The average Bonchev–Trinajstić information content (AvgIpc) is 2.87. The van der Waals surface area contributed by atoms with Crippen LogP contribution in [-0.4, -0.2) is 20.7 Å². The molecule has 0 unspecified atom stereocenters. The molecule has 178 valence electrons. The zero-order chi connectivity index (χ0) is 24.5. The molecule has 3 aromatic rings. The van der Waals surface area contributed by atoms with Gasteiger partial charge in [-0.25, -0.2) is 0 Å². The van der Waals surface area contributed by atoms with Crippen LogP contribution in [0.25, 0.3) is 6.08 Å². The summed E-state index contributed by atoms with van der Waals surface area (Å²) < 4.78 is 11.0. The maximum atomic E-state index is 6.17. The fourth-order valence-electron chi connectivity index (χ4n) is 3.13. The van der Waals surface area contributed by atoms with Crippen LogP contribution in [0.5, 0.6) is 11.5 Å². The van der Waals surface area contributed by atoms with E-state index in [-0.39, 0.29) is 0 Å². The highest BCUT2D eigenvalue weighted by Crippen LogP contribution is 2.24. The van der Waals surface area contributed by atoms with E-state index >= 15 is 0 Å². The molecule has 0 aromatic heterocycles. The molecule has 5 heteroatoms. The van der Waals surface area contributed by atoms with Gasteiger partial charge in [0.2, 0.25) is 0 Å². The molecule has 0 aliphatic heterocycles. The van der Waals surface area contributed by atoms with Crippen molar-refractivity contribution in [3.05, 3.63) is 95.4 Å². The number of benzene rings is 3. The molecule has 0 amide bonds. The molecule has 0 bridgehead atoms. The Balaban J connectivity index is 0.00000129. The summed E-state index contributed by atoms with van der Waals surface area (Å²) in [5.41, 5.74) is 15.3. The number of hydrogen-bond donors (Lipinski definition) is 3. The van der Waals surface area contributed by atoms with Crippen molar-refractivity contribution in [3.8, 4) is 11.5 Å². The normalized spacial score (nSPS) is 10.2. The Morgan fingerprint density at radius 2 is 1.52 bits per heavy atom. The van der Waals surface area contributed by atoms with Gasteiger partial charge in [-0.1, -0.05) is 69.3 Å². The first kappa shape index (κ1) is 27.6. The van der Waals surface area contributed by atoms with E-state index in [9.17, 15) is 0 Å². The van der Waals surface area contributed by atoms with Gasteiger partial charge in [0.1, 0.15) is 11.5 Å². The van der Waals surface area contributed by atoms with Gasteiger partial charge < -0.3 is 26.3 Å². The van der Waals surface area contributed by atoms with Crippen LogP contribution in [-0.2, 0) is 6.42 Å². The molecule has 5 nitrogen and oxygen atoms in total. The van der Waals surface area contributed by atoms with Crippen molar-refractivity contribution in [3.63, 3.8) is 0 Å². The van der Waals surface area contributed by atoms with Crippen molar-refractivity contribution < 1.29 is 9.47 Å². The number of rotatable bonds is 9. The number of methoxy groups -OCH3 is 1. The van der Waals surface area contributed by atoms with E-state index in [2.05, 4.69) is 54.4 Å². The third-order valence-electron chi connectivity index (χ3n) is 4.59. The molecule has 0 aliphatic carbocycles. The van der Waals surface area contributed by atoms with Crippen LogP contribution in [0.2, 0.25) is 0 Å². The van der Waals surface area contributed by atoms with E-state index < -0.39 is 0 Å². The van der Waals surface area contributed by atoms with Gasteiger partial charge in [-0.05, 0) is 48.4 Å². The zero-order valence-corrected chi connectivity index (χ0v) is 20.6. The molecule has 0 atom stereocenters. The van der Waals surface area contributed by atoms with Crippen molar-refractivity contribution in [1.82, 2.24) is 0 Å². The summed E-state index contributed by atoms with van der Waals surface area (Å²) in [6, 6.07) is 24.1. The first-order valence-corrected chi connectivity index (χ1v) is 11.5. The minimum absolute atomic E-state index is 0.336. The summed E-state index contributed by atoms with van der Waals surface area (Å²) in [4.78, 5) is 0. The highest BCUT2D eigenvalue weighted by Gasteiger charge is 2.07. The van der Waals surface area contributed by atoms with Gasteiger partial charge in [-0.3, -0.25) is 0 Å². The lowest BCUT2D eigenvalue weighted by Crippen LogP contribution is -2.07. The molecule has 0 saturated carbocycles. The minimum atomic E-state index is 0.336. The molecule has 3 rings (SSSR count). The van der Waals surface area contributed by atoms with E-state index in [4.69, 9.17) is 15.2 Å². The van der Waals surface area contributed by atoms with Crippen molar-refractivity contribution in [2.24, 2.45) is 11.5 Å². The number of nitrogens with one attached hydrogen (secondary N) is 1. The van der Waals surface area contributed by atoms with Gasteiger partial charge >= 0.3 is 0 Å². The summed E-state index contributed by atoms with van der Waals surface area (Å²) in [5.74, 6) is 1.71. The largest absolute Gasteiger partial charge is 0.497 e. The zero-order valence-electron chi connectivity index (χ0n) is 20.6. The predicted molar refractivity (Wildman–Crippen MR) is 142 cm³/mol. The molecule has 3 aromatic carbocycles. The Bertz CT molecular complexity index is 971. The Morgan fingerprint density at radius 3 is 2.21 bits per heavy atom. The van der Waals surface area contributed by atoms with Gasteiger partial charge in [-0.2, -0.15) is 0 Å². The fraction of sp³-hybridized carbons (Fsp3) is 0.286. The first-order chi connectivity index (χ1) is 16.2. The highest BCUT2D eigenvalue weighted by molar-refractivity contribution is 5.59. The first-order valence-electron chi connectivity index (χ1n) is 11.5. The second-order valence-corrected chi connectivity index (χ2v) is 6.79. The van der Waals surface area contributed by atoms with Crippen molar-refractivity contribution in [2.45, 2.75) is 33.6 Å². The van der Waals surface area contributed by atoms with Crippen LogP contribution in [0.15, 0.2) is 78.7 Å². The topological polar surface area (TPSA) is 82.5 Å².